The Morgan fingerprint density at radius 1 is 1.33 bits per heavy atom. The van der Waals surface area contributed by atoms with E-state index in [4.69, 9.17) is 11.6 Å². The highest BCUT2D eigenvalue weighted by atomic mass is 79.9. The number of hydrogen-bond donors (Lipinski definition) is 0. The van der Waals surface area contributed by atoms with Crippen molar-refractivity contribution < 1.29 is 4.79 Å². The van der Waals surface area contributed by atoms with E-state index in [0.717, 1.165) is 27.9 Å². The zero-order chi connectivity index (χ0) is 13.3. The summed E-state index contributed by atoms with van der Waals surface area (Å²) in [5.41, 5.74) is 2.33. The van der Waals surface area contributed by atoms with Crippen molar-refractivity contribution in [1.82, 2.24) is 0 Å². The minimum Gasteiger partial charge on any atom is -0.295 e. The maximum absolute atomic E-state index is 11.7. The molecule has 0 bridgehead atoms. The van der Waals surface area contributed by atoms with Crippen LogP contribution in [0.4, 0.5) is 0 Å². The minimum atomic E-state index is 0.0724. The third kappa shape index (κ3) is 3.46. The fraction of sp³-hybridized carbons (Fsp3) is 0.400. The molecule has 0 N–H and O–H groups in total. The summed E-state index contributed by atoms with van der Waals surface area (Å²) < 4.78 is 0.977. The summed E-state index contributed by atoms with van der Waals surface area (Å²) in [5.74, 6) is 0.231. The molecular formula is C15H16BrClO. The third-order valence-corrected chi connectivity index (χ3v) is 4.00. The van der Waals surface area contributed by atoms with E-state index < -0.39 is 0 Å². The maximum Gasteiger partial charge on any atom is 0.156 e. The van der Waals surface area contributed by atoms with Gasteiger partial charge in [0, 0.05) is 15.9 Å². The molecule has 0 spiro atoms. The van der Waals surface area contributed by atoms with Crippen LogP contribution in [0.3, 0.4) is 0 Å². The molecule has 2 rings (SSSR count). The van der Waals surface area contributed by atoms with Crippen molar-refractivity contribution >= 4 is 33.3 Å². The van der Waals surface area contributed by atoms with Crippen LogP contribution in [0.15, 0.2) is 34.3 Å². The van der Waals surface area contributed by atoms with E-state index in [-0.39, 0.29) is 11.2 Å². The number of allylic oxidation sites excluding steroid dienone is 2. The highest BCUT2D eigenvalue weighted by Gasteiger charge is 2.27. The number of ketones is 1. The van der Waals surface area contributed by atoms with E-state index in [1.54, 1.807) is 6.08 Å². The summed E-state index contributed by atoms with van der Waals surface area (Å²) in [5, 5.41) is 0.751. The van der Waals surface area contributed by atoms with E-state index in [0.29, 0.717) is 6.42 Å². The van der Waals surface area contributed by atoms with E-state index in [1.807, 2.05) is 18.2 Å². The molecule has 0 aromatic heterocycles. The van der Waals surface area contributed by atoms with Gasteiger partial charge in [0.2, 0.25) is 0 Å². The molecule has 1 aromatic carbocycles. The van der Waals surface area contributed by atoms with Crippen molar-refractivity contribution in [2.24, 2.45) is 5.41 Å². The predicted molar refractivity (Wildman–Crippen MR) is 79.0 cm³/mol. The summed E-state index contributed by atoms with van der Waals surface area (Å²) >= 11 is 9.61. The summed E-state index contributed by atoms with van der Waals surface area (Å²) in [7, 11) is 0. The number of carbonyl (C=O) groups is 1. The SMILES string of the molecule is CC1(C)CC(=O)C=C(Cc2ccc(Br)cc2Cl)C1. The molecule has 0 radical (unpaired) electrons. The largest absolute Gasteiger partial charge is 0.295 e. The molecule has 0 atom stereocenters. The van der Waals surface area contributed by atoms with E-state index >= 15 is 0 Å². The lowest BCUT2D eigenvalue weighted by Gasteiger charge is -2.29. The lowest BCUT2D eigenvalue weighted by molar-refractivity contribution is -0.117. The van der Waals surface area contributed by atoms with Gasteiger partial charge in [-0.2, -0.15) is 0 Å². The monoisotopic (exact) mass is 326 g/mol. The molecule has 0 fully saturated rings. The van der Waals surface area contributed by atoms with E-state index in [9.17, 15) is 4.79 Å². The second kappa shape index (κ2) is 5.18. The molecule has 0 aliphatic heterocycles. The first-order valence-corrected chi connectivity index (χ1v) is 7.19. The number of carbonyl (C=O) groups excluding carboxylic acids is 1. The Morgan fingerprint density at radius 2 is 2.06 bits per heavy atom. The highest BCUT2D eigenvalue weighted by molar-refractivity contribution is 9.10. The first kappa shape index (κ1) is 13.8. The fourth-order valence-electron chi connectivity index (χ4n) is 2.50. The van der Waals surface area contributed by atoms with Gasteiger partial charge in [0.1, 0.15) is 0 Å². The van der Waals surface area contributed by atoms with Crippen molar-refractivity contribution in [1.29, 1.82) is 0 Å². The Morgan fingerprint density at radius 3 is 2.67 bits per heavy atom. The van der Waals surface area contributed by atoms with Gasteiger partial charge >= 0.3 is 0 Å². The van der Waals surface area contributed by atoms with Crippen molar-refractivity contribution in [3.8, 4) is 0 Å². The molecule has 0 saturated carbocycles. The maximum atomic E-state index is 11.7. The quantitative estimate of drug-likeness (QED) is 0.750. The number of halogens is 2. The van der Waals surface area contributed by atoms with E-state index in [1.165, 1.54) is 5.57 Å². The van der Waals surface area contributed by atoms with E-state index in [2.05, 4.69) is 29.8 Å². The average molecular weight is 328 g/mol. The summed E-state index contributed by atoms with van der Waals surface area (Å²) in [6, 6.07) is 5.89. The lowest BCUT2D eigenvalue weighted by Crippen LogP contribution is -2.22. The third-order valence-electron chi connectivity index (χ3n) is 3.16. The van der Waals surface area contributed by atoms with Crippen LogP contribution in [-0.4, -0.2) is 5.78 Å². The normalized spacial score (nSPS) is 18.7. The molecule has 1 nitrogen and oxygen atoms in total. The molecule has 18 heavy (non-hydrogen) atoms. The molecule has 96 valence electrons. The molecule has 1 aliphatic rings. The van der Waals surface area contributed by atoms with Crippen LogP contribution in [0.2, 0.25) is 5.02 Å². The van der Waals surface area contributed by atoms with Crippen molar-refractivity contribution in [3.05, 3.63) is 44.9 Å². The van der Waals surface area contributed by atoms with Crippen LogP contribution in [0.5, 0.6) is 0 Å². The summed E-state index contributed by atoms with van der Waals surface area (Å²) in [4.78, 5) is 11.7. The first-order chi connectivity index (χ1) is 8.35. The fourth-order valence-corrected chi connectivity index (χ4v) is 3.24. The zero-order valence-corrected chi connectivity index (χ0v) is 12.9. The van der Waals surface area contributed by atoms with Gasteiger partial charge in [0.25, 0.3) is 0 Å². The molecule has 0 unspecified atom stereocenters. The molecule has 3 heteroatoms. The number of benzene rings is 1. The van der Waals surface area contributed by atoms with Crippen LogP contribution in [0, 0.1) is 5.41 Å². The molecular weight excluding hydrogens is 312 g/mol. The second-order valence-corrected chi connectivity index (χ2v) is 7.02. The van der Waals surface area contributed by atoms with Gasteiger partial charge in [-0.05, 0) is 42.0 Å². The molecule has 1 aliphatic carbocycles. The van der Waals surface area contributed by atoms with Crippen LogP contribution < -0.4 is 0 Å². The minimum absolute atomic E-state index is 0.0724. The van der Waals surface area contributed by atoms with Gasteiger partial charge < -0.3 is 0 Å². The lowest BCUT2D eigenvalue weighted by atomic mass is 9.75. The Kier molecular flexibility index (Phi) is 3.98. The summed E-state index contributed by atoms with van der Waals surface area (Å²) in [6.45, 7) is 4.28. The molecule has 0 heterocycles. The van der Waals surface area contributed by atoms with Gasteiger partial charge in [0.15, 0.2) is 5.78 Å². The topological polar surface area (TPSA) is 17.1 Å². The number of hydrogen-bond acceptors (Lipinski definition) is 1. The smallest absolute Gasteiger partial charge is 0.156 e. The van der Waals surface area contributed by atoms with Gasteiger partial charge in [-0.25, -0.2) is 0 Å². The standard InChI is InChI=1S/C15H16BrClO/c1-15(2)8-10(6-13(18)9-15)5-11-3-4-12(16)7-14(11)17/h3-4,6-7H,5,8-9H2,1-2H3. The molecule has 1 aromatic rings. The second-order valence-electron chi connectivity index (χ2n) is 5.70. The first-order valence-electron chi connectivity index (χ1n) is 6.02. The van der Waals surface area contributed by atoms with Crippen LogP contribution in [0.1, 0.15) is 32.3 Å². The van der Waals surface area contributed by atoms with Crippen LogP contribution in [-0.2, 0) is 11.2 Å². The van der Waals surface area contributed by atoms with Gasteiger partial charge in [-0.1, -0.05) is 53.0 Å². The average Bonchev–Trinajstić information content (AvgIpc) is 2.19. The van der Waals surface area contributed by atoms with Gasteiger partial charge in [0.05, 0.1) is 0 Å². The van der Waals surface area contributed by atoms with Crippen molar-refractivity contribution in [3.63, 3.8) is 0 Å². The number of rotatable bonds is 2. The highest BCUT2D eigenvalue weighted by Crippen LogP contribution is 2.35. The van der Waals surface area contributed by atoms with Gasteiger partial charge in [-0.3, -0.25) is 4.79 Å². The Bertz CT molecular complexity index is 517. The Hall–Kier alpha value is -0.600. The molecule has 0 saturated heterocycles. The Balaban J connectivity index is 2.21. The van der Waals surface area contributed by atoms with Crippen LogP contribution >= 0.6 is 27.5 Å². The molecule has 0 amide bonds. The predicted octanol–water partition coefficient (Wildman–Crippen LogP) is 4.96. The van der Waals surface area contributed by atoms with Crippen LogP contribution in [0.25, 0.3) is 0 Å². The zero-order valence-electron chi connectivity index (χ0n) is 10.6. The van der Waals surface area contributed by atoms with Gasteiger partial charge in [-0.15, -0.1) is 0 Å². The van der Waals surface area contributed by atoms with Crippen molar-refractivity contribution in [2.75, 3.05) is 0 Å². The van der Waals surface area contributed by atoms with Crippen molar-refractivity contribution in [2.45, 2.75) is 33.1 Å². The summed E-state index contributed by atoms with van der Waals surface area (Å²) in [6.07, 6.45) is 4.17. The Labute approximate surface area is 121 Å².